The van der Waals surface area contributed by atoms with E-state index in [1.807, 2.05) is 60.7 Å². The van der Waals surface area contributed by atoms with Crippen molar-refractivity contribution in [3.8, 4) is 45.7 Å². The van der Waals surface area contributed by atoms with E-state index >= 15 is 0 Å². The maximum atomic E-state index is 10.7. The van der Waals surface area contributed by atoms with E-state index in [4.69, 9.17) is 14.6 Å². The van der Waals surface area contributed by atoms with Crippen molar-refractivity contribution in [2.75, 3.05) is 26.4 Å². The molecule has 0 aliphatic heterocycles. The first-order chi connectivity index (χ1) is 15.7. The summed E-state index contributed by atoms with van der Waals surface area (Å²) < 4.78 is 10.8. The van der Waals surface area contributed by atoms with Crippen LogP contribution in [0.15, 0.2) is 78.9 Å². The number of aromatic nitrogens is 3. The van der Waals surface area contributed by atoms with Gasteiger partial charge in [-0.2, -0.15) is 0 Å². The van der Waals surface area contributed by atoms with Crippen LogP contribution in [0.1, 0.15) is 0 Å². The minimum absolute atomic E-state index is 0.00278. The van der Waals surface area contributed by atoms with E-state index in [0.29, 0.717) is 42.0 Å². The zero-order valence-electron chi connectivity index (χ0n) is 17.4. The number of hydrogen-bond acceptors (Lipinski definition) is 7. The van der Waals surface area contributed by atoms with Crippen molar-refractivity contribution in [2.24, 2.45) is 0 Å². The Morgan fingerprint density at radius 1 is 0.656 bits per heavy atom. The minimum Gasteiger partial charge on any atom is -0.507 e. The average molecular weight is 429 g/mol. The number of hydrogen-bond donors (Lipinski definition) is 2. The fourth-order valence-electron chi connectivity index (χ4n) is 3.10. The quantitative estimate of drug-likeness (QED) is 0.389. The molecule has 0 amide bonds. The molecule has 2 N–H and O–H groups in total. The van der Waals surface area contributed by atoms with Crippen molar-refractivity contribution in [2.45, 2.75) is 0 Å². The van der Waals surface area contributed by atoms with Gasteiger partial charge in [-0.15, -0.1) is 0 Å². The van der Waals surface area contributed by atoms with Crippen LogP contribution in [0.5, 0.6) is 11.5 Å². The predicted octanol–water partition coefficient (Wildman–Crippen LogP) is 3.97. The number of phenolic OH excluding ortho intramolecular Hbond substituents is 1. The summed E-state index contributed by atoms with van der Waals surface area (Å²) in [6.45, 7) is 0.885. The highest BCUT2D eigenvalue weighted by Crippen LogP contribution is 2.32. The van der Waals surface area contributed by atoms with Crippen molar-refractivity contribution in [3.05, 3.63) is 78.9 Å². The topological polar surface area (TPSA) is 97.6 Å². The molecule has 0 atom stereocenters. The lowest BCUT2D eigenvalue weighted by Gasteiger charge is -2.11. The highest BCUT2D eigenvalue weighted by atomic mass is 16.5. The summed E-state index contributed by atoms with van der Waals surface area (Å²) in [6.07, 6.45) is 0. The number of ether oxygens (including phenoxy) is 2. The van der Waals surface area contributed by atoms with E-state index in [2.05, 4.69) is 15.0 Å². The van der Waals surface area contributed by atoms with Crippen LogP contribution in [0.2, 0.25) is 0 Å². The molecule has 4 aromatic rings. The van der Waals surface area contributed by atoms with E-state index in [1.165, 1.54) is 6.07 Å². The third-order valence-corrected chi connectivity index (χ3v) is 4.64. The first-order valence-electron chi connectivity index (χ1n) is 10.3. The van der Waals surface area contributed by atoms with Crippen LogP contribution in [0.4, 0.5) is 0 Å². The number of nitrogens with zero attached hydrogens (tertiary/aromatic N) is 3. The molecule has 162 valence electrons. The Kier molecular flexibility index (Phi) is 7.01. The molecule has 0 saturated heterocycles. The number of aliphatic hydroxyl groups excluding tert-OH is 1. The smallest absolute Gasteiger partial charge is 0.167 e. The highest BCUT2D eigenvalue weighted by molar-refractivity contribution is 5.70. The molecule has 0 bridgehead atoms. The highest BCUT2D eigenvalue weighted by Gasteiger charge is 2.15. The molecule has 0 spiro atoms. The van der Waals surface area contributed by atoms with Crippen LogP contribution < -0.4 is 4.74 Å². The molecule has 0 radical (unpaired) electrons. The lowest BCUT2D eigenvalue weighted by molar-refractivity contribution is 0.0705. The summed E-state index contributed by atoms with van der Waals surface area (Å²) >= 11 is 0. The molecule has 1 aromatic heterocycles. The van der Waals surface area contributed by atoms with Crippen LogP contribution in [0.3, 0.4) is 0 Å². The molecule has 3 aromatic carbocycles. The molecular formula is C25H23N3O4. The van der Waals surface area contributed by atoms with E-state index in [-0.39, 0.29) is 19.0 Å². The molecular weight excluding hydrogens is 406 g/mol. The van der Waals surface area contributed by atoms with Crippen LogP contribution in [-0.4, -0.2) is 51.6 Å². The molecule has 32 heavy (non-hydrogen) atoms. The summed E-state index contributed by atoms with van der Waals surface area (Å²) in [6, 6.07) is 24.3. The zero-order chi connectivity index (χ0) is 22.2. The SMILES string of the molecule is OCCOCCOc1ccc(-c2nc(-c3ccccc3)nc(-c3ccccc3)n2)c(O)c1. The van der Waals surface area contributed by atoms with Gasteiger partial charge < -0.3 is 19.7 Å². The Morgan fingerprint density at radius 3 is 1.81 bits per heavy atom. The normalized spacial score (nSPS) is 10.8. The van der Waals surface area contributed by atoms with Gasteiger partial charge in [-0.1, -0.05) is 60.7 Å². The van der Waals surface area contributed by atoms with Gasteiger partial charge in [0.25, 0.3) is 0 Å². The Morgan fingerprint density at radius 2 is 1.25 bits per heavy atom. The second-order valence-corrected chi connectivity index (χ2v) is 6.90. The summed E-state index contributed by atoms with van der Waals surface area (Å²) in [5.74, 6) is 1.92. The summed E-state index contributed by atoms with van der Waals surface area (Å²) in [5, 5.41) is 19.4. The molecule has 4 rings (SSSR count). The van der Waals surface area contributed by atoms with E-state index in [9.17, 15) is 5.11 Å². The molecule has 0 saturated carbocycles. The van der Waals surface area contributed by atoms with Gasteiger partial charge in [0.1, 0.15) is 18.1 Å². The summed E-state index contributed by atoms with van der Waals surface area (Å²) in [7, 11) is 0. The molecule has 7 nitrogen and oxygen atoms in total. The Balaban J connectivity index is 1.66. The number of benzene rings is 3. The van der Waals surface area contributed by atoms with Gasteiger partial charge in [0.15, 0.2) is 17.5 Å². The maximum absolute atomic E-state index is 10.7. The minimum atomic E-state index is -0.0304. The zero-order valence-corrected chi connectivity index (χ0v) is 17.4. The van der Waals surface area contributed by atoms with E-state index in [0.717, 1.165) is 11.1 Å². The lowest BCUT2D eigenvalue weighted by atomic mass is 10.1. The van der Waals surface area contributed by atoms with E-state index < -0.39 is 0 Å². The van der Waals surface area contributed by atoms with Gasteiger partial charge in [0.05, 0.1) is 25.4 Å². The van der Waals surface area contributed by atoms with Gasteiger partial charge in [-0.3, -0.25) is 0 Å². The van der Waals surface area contributed by atoms with Crippen LogP contribution in [0.25, 0.3) is 34.2 Å². The maximum Gasteiger partial charge on any atom is 0.167 e. The lowest BCUT2D eigenvalue weighted by Crippen LogP contribution is -2.09. The third kappa shape index (κ3) is 5.26. The molecule has 0 aliphatic carbocycles. The largest absolute Gasteiger partial charge is 0.507 e. The average Bonchev–Trinajstić information content (AvgIpc) is 2.85. The number of rotatable bonds is 9. The van der Waals surface area contributed by atoms with Crippen molar-refractivity contribution in [1.82, 2.24) is 15.0 Å². The number of aliphatic hydroxyl groups is 1. The Hall–Kier alpha value is -3.81. The second kappa shape index (κ2) is 10.5. The monoisotopic (exact) mass is 429 g/mol. The van der Waals surface area contributed by atoms with Crippen LogP contribution >= 0.6 is 0 Å². The summed E-state index contributed by atoms with van der Waals surface area (Å²) in [5.41, 5.74) is 2.19. The van der Waals surface area contributed by atoms with Crippen molar-refractivity contribution < 1.29 is 19.7 Å². The molecule has 1 heterocycles. The standard InChI is InChI=1S/C25H23N3O4/c29-13-14-31-15-16-32-20-11-12-21(22(30)17-20)25-27-23(18-7-3-1-4-8-18)26-24(28-25)19-9-5-2-6-10-19/h1-12,17,29-30H,13-16H2. The fourth-order valence-corrected chi connectivity index (χ4v) is 3.10. The number of phenols is 1. The fraction of sp³-hybridized carbons (Fsp3) is 0.160. The number of aromatic hydroxyl groups is 1. The van der Waals surface area contributed by atoms with Gasteiger partial charge in [-0.25, -0.2) is 15.0 Å². The van der Waals surface area contributed by atoms with Gasteiger partial charge in [0, 0.05) is 17.2 Å². The van der Waals surface area contributed by atoms with Gasteiger partial charge in [0.2, 0.25) is 0 Å². The third-order valence-electron chi connectivity index (χ3n) is 4.64. The second-order valence-electron chi connectivity index (χ2n) is 6.90. The van der Waals surface area contributed by atoms with E-state index in [1.54, 1.807) is 12.1 Å². The van der Waals surface area contributed by atoms with Crippen LogP contribution in [0, 0.1) is 0 Å². The first-order valence-corrected chi connectivity index (χ1v) is 10.3. The molecule has 0 unspecified atom stereocenters. The Bertz CT molecular complexity index is 1100. The summed E-state index contributed by atoms with van der Waals surface area (Å²) in [4.78, 5) is 13.9. The van der Waals surface area contributed by atoms with Gasteiger partial charge >= 0.3 is 0 Å². The van der Waals surface area contributed by atoms with Crippen LogP contribution in [-0.2, 0) is 4.74 Å². The first kappa shape index (κ1) is 21.4. The Labute approximate surface area is 186 Å². The van der Waals surface area contributed by atoms with Crippen molar-refractivity contribution >= 4 is 0 Å². The van der Waals surface area contributed by atoms with Crippen molar-refractivity contribution in [1.29, 1.82) is 0 Å². The molecule has 7 heteroatoms. The predicted molar refractivity (Wildman–Crippen MR) is 121 cm³/mol. The molecule has 0 aliphatic rings. The van der Waals surface area contributed by atoms with Gasteiger partial charge in [-0.05, 0) is 12.1 Å². The molecule has 0 fully saturated rings. The van der Waals surface area contributed by atoms with Crippen molar-refractivity contribution in [3.63, 3.8) is 0 Å².